The number of amides is 1. The van der Waals surface area contributed by atoms with Gasteiger partial charge in [0.25, 0.3) is 0 Å². The van der Waals surface area contributed by atoms with Crippen molar-refractivity contribution < 1.29 is 9.18 Å². The highest BCUT2D eigenvalue weighted by atomic mass is 19.1. The Kier molecular flexibility index (Phi) is 5.88. The Hall–Kier alpha value is -1.42. The number of piperidine rings is 2. The summed E-state index contributed by atoms with van der Waals surface area (Å²) in [5.41, 5.74) is 1.11. The smallest absolute Gasteiger partial charge is 0.219 e. The number of halogens is 1. The van der Waals surface area contributed by atoms with Gasteiger partial charge in [-0.15, -0.1) is 0 Å². The van der Waals surface area contributed by atoms with Crippen molar-refractivity contribution in [3.63, 3.8) is 0 Å². The van der Waals surface area contributed by atoms with E-state index in [2.05, 4.69) is 4.90 Å². The Morgan fingerprint density at radius 1 is 1.21 bits per heavy atom. The summed E-state index contributed by atoms with van der Waals surface area (Å²) in [4.78, 5) is 16.1. The molecule has 0 aliphatic carbocycles. The van der Waals surface area contributed by atoms with Gasteiger partial charge in [0.2, 0.25) is 5.91 Å². The highest BCUT2D eigenvalue weighted by molar-refractivity contribution is 5.73. The number of benzene rings is 1. The third-order valence-electron chi connectivity index (χ3n) is 5.71. The molecule has 1 aromatic rings. The van der Waals surface area contributed by atoms with Crippen LogP contribution in [0, 0.1) is 11.7 Å². The van der Waals surface area contributed by atoms with Gasteiger partial charge in [0, 0.05) is 32.6 Å². The molecular weight excluding hydrogens is 303 g/mol. The number of likely N-dealkylation sites (tertiary alicyclic amines) is 2. The number of carbonyl (C=O) groups excluding carboxylic acids is 1. The zero-order chi connectivity index (χ0) is 16.9. The van der Waals surface area contributed by atoms with Crippen molar-refractivity contribution in [2.75, 3.05) is 26.2 Å². The van der Waals surface area contributed by atoms with E-state index in [4.69, 9.17) is 0 Å². The van der Waals surface area contributed by atoms with Gasteiger partial charge in [-0.25, -0.2) is 4.39 Å². The second-order valence-corrected chi connectivity index (χ2v) is 7.41. The molecule has 0 radical (unpaired) electrons. The Bertz CT molecular complexity index is 554. The quantitative estimate of drug-likeness (QED) is 0.843. The second kappa shape index (κ2) is 8.11. The molecule has 2 aliphatic heterocycles. The minimum atomic E-state index is -0.130. The molecule has 0 aromatic heterocycles. The summed E-state index contributed by atoms with van der Waals surface area (Å²) >= 11 is 0. The highest BCUT2D eigenvalue weighted by Gasteiger charge is 2.29. The maximum absolute atomic E-state index is 13.3. The van der Waals surface area contributed by atoms with E-state index in [1.807, 2.05) is 11.0 Å². The molecule has 132 valence electrons. The molecule has 1 aromatic carbocycles. The van der Waals surface area contributed by atoms with Gasteiger partial charge in [-0.3, -0.25) is 9.69 Å². The summed E-state index contributed by atoms with van der Waals surface area (Å²) < 4.78 is 13.3. The van der Waals surface area contributed by atoms with Gasteiger partial charge < -0.3 is 4.90 Å². The van der Waals surface area contributed by atoms with Crippen LogP contribution in [0.3, 0.4) is 0 Å². The number of aryl methyl sites for hydroxylation is 1. The molecule has 24 heavy (non-hydrogen) atoms. The Balaban J connectivity index is 1.47. The normalized spacial score (nSPS) is 23.4. The second-order valence-electron chi connectivity index (χ2n) is 7.41. The molecule has 0 spiro atoms. The topological polar surface area (TPSA) is 23.6 Å². The maximum atomic E-state index is 13.3. The van der Waals surface area contributed by atoms with E-state index in [1.54, 1.807) is 19.1 Å². The van der Waals surface area contributed by atoms with Crippen LogP contribution in [-0.4, -0.2) is 47.9 Å². The fraction of sp³-hybridized carbons (Fsp3) is 0.650. The minimum Gasteiger partial charge on any atom is -0.343 e. The van der Waals surface area contributed by atoms with Gasteiger partial charge in [-0.05, 0) is 68.7 Å². The molecular formula is C20H29FN2O. The van der Waals surface area contributed by atoms with Crippen molar-refractivity contribution in [3.05, 3.63) is 35.6 Å². The summed E-state index contributed by atoms with van der Waals surface area (Å²) in [5.74, 6) is 0.794. The fourth-order valence-corrected chi connectivity index (χ4v) is 4.27. The molecule has 2 aliphatic rings. The van der Waals surface area contributed by atoms with Crippen LogP contribution in [0.2, 0.25) is 0 Å². The summed E-state index contributed by atoms with van der Waals surface area (Å²) in [6.45, 7) is 5.85. The van der Waals surface area contributed by atoms with E-state index in [0.29, 0.717) is 12.0 Å². The standard InChI is InChI=1S/C20H29FN2O/c1-16(24)22-12-9-20(10-13-22)23-11-3-5-18(15-23)8-7-17-4-2-6-19(21)14-17/h2,4,6,14,18,20H,3,5,7-13,15H2,1H3/t18-/m1/s1. The van der Waals surface area contributed by atoms with Crippen molar-refractivity contribution in [2.45, 2.75) is 51.5 Å². The van der Waals surface area contributed by atoms with Crippen molar-refractivity contribution in [1.82, 2.24) is 9.80 Å². The number of nitrogens with zero attached hydrogens (tertiary/aromatic N) is 2. The van der Waals surface area contributed by atoms with Crippen molar-refractivity contribution in [1.29, 1.82) is 0 Å². The van der Waals surface area contributed by atoms with E-state index in [1.165, 1.54) is 32.0 Å². The van der Waals surface area contributed by atoms with Crippen LogP contribution in [0.15, 0.2) is 24.3 Å². The third-order valence-corrected chi connectivity index (χ3v) is 5.71. The lowest BCUT2D eigenvalue weighted by molar-refractivity contribution is -0.130. The average Bonchev–Trinajstić information content (AvgIpc) is 2.60. The van der Waals surface area contributed by atoms with E-state index >= 15 is 0 Å². The summed E-state index contributed by atoms with van der Waals surface area (Å²) in [5, 5.41) is 0. The lowest BCUT2D eigenvalue weighted by atomic mass is 9.89. The molecule has 4 heteroatoms. The van der Waals surface area contributed by atoms with E-state index in [9.17, 15) is 9.18 Å². The molecule has 2 heterocycles. The predicted molar refractivity (Wildman–Crippen MR) is 94.3 cm³/mol. The van der Waals surface area contributed by atoms with Crippen LogP contribution < -0.4 is 0 Å². The highest BCUT2D eigenvalue weighted by Crippen LogP contribution is 2.26. The van der Waals surface area contributed by atoms with Crippen LogP contribution in [0.25, 0.3) is 0 Å². The Morgan fingerprint density at radius 3 is 2.71 bits per heavy atom. The SMILES string of the molecule is CC(=O)N1CCC(N2CCC[C@H](CCc3cccc(F)c3)C2)CC1. The van der Waals surface area contributed by atoms with E-state index in [-0.39, 0.29) is 11.7 Å². The molecule has 1 atom stereocenters. The van der Waals surface area contributed by atoms with Gasteiger partial charge in [-0.1, -0.05) is 12.1 Å². The first kappa shape index (κ1) is 17.4. The van der Waals surface area contributed by atoms with Gasteiger partial charge in [0.1, 0.15) is 5.82 Å². The Morgan fingerprint density at radius 2 is 2.00 bits per heavy atom. The van der Waals surface area contributed by atoms with Crippen LogP contribution >= 0.6 is 0 Å². The van der Waals surface area contributed by atoms with Crippen LogP contribution in [0.5, 0.6) is 0 Å². The molecule has 0 unspecified atom stereocenters. The monoisotopic (exact) mass is 332 g/mol. The molecule has 2 fully saturated rings. The number of hydrogen-bond donors (Lipinski definition) is 0. The summed E-state index contributed by atoms with van der Waals surface area (Å²) in [6.07, 6.45) is 6.89. The molecule has 0 N–H and O–H groups in total. The van der Waals surface area contributed by atoms with E-state index < -0.39 is 0 Å². The summed E-state index contributed by atoms with van der Waals surface area (Å²) in [7, 11) is 0. The molecule has 3 nitrogen and oxygen atoms in total. The van der Waals surface area contributed by atoms with Gasteiger partial charge >= 0.3 is 0 Å². The van der Waals surface area contributed by atoms with Crippen molar-refractivity contribution in [3.8, 4) is 0 Å². The molecule has 2 saturated heterocycles. The lowest BCUT2D eigenvalue weighted by Crippen LogP contribution is -2.49. The zero-order valence-corrected chi connectivity index (χ0v) is 14.7. The number of hydrogen-bond acceptors (Lipinski definition) is 2. The van der Waals surface area contributed by atoms with Crippen molar-refractivity contribution >= 4 is 5.91 Å². The van der Waals surface area contributed by atoms with Gasteiger partial charge in [0.15, 0.2) is 0 Å². The predicted octanol–water partition coefficient (Wildman–Crippen LogP) is 3.48. The first-order valence-electron chi connectivity index (χ1n) is 9.36. The molecule has 0 saturated carbocycles. The maximum Gasteiger partial charge on any atom is 0.219 e. The lowest BCUT2D eigenvalue weighted by Gasteiger charge is -2.42. The number of rotatable bonds is 4. The molecule has 3 rings (SSSR count). The first-order chi connectivity index (χ1) is 11.6. The summed E-state index contributed by atoms with van der Waals surface area (Å²) in [6, 6.07) is 7.65. The zero-order valence-electron chi connectivity index (χ0n) is 14.7. The Labute approximate surface area is 144 Å². The third kappa shape index (κ3) is 4.56. The van der Waals surface area contributed by atoms with Crippen molar-refractivity contribution in [2.24, 2.45) is 5.92 Å². The molecule has 1 amide bonds. The van der Waals surface area contributed by atoms with Gasteiger partial charge in [0.05, 0.1) is 0 Å². The molecule has 0 bridgehead atoms. The minimum absolute atomic E-state index is 0.130. The van der Waals surface area contributed by atoms with E-state index in [0.717, 1.165) is 44.3 Å². The van der Waals surface area contributed by atoms with Crippen LogP contribution in [-0.2, 0) is 11.2 Å². The average molecular weight is 332 g/mol. The number of carbonyl (C=O) groups is 1. The van der Waals surface area contributed by atoms with Crippen LogP contribution in [0.4, 0.5) is 4.39 Å². The first-order valence-corrected chi connectivity index (χ1v) is 9.36. The fourth-order valence-electron chi connectivity index (χ4n) is 4.27. The van der Waals surface area contributed by atoms with Crippen LogP contribution in [0.1, 0.15) is 44.6 Å². The van der Waals surface area contributed by atoms with Gasteiger partial charge in [-0.2, -0.15) is 0 Å². The largest absolute Gasteiger partial charge is 0.343 e.